The molecule has 6 heteroatoms. The lowest BCUT2D eigenvalue weighted by atomic mass is 10.1. The predicted octanol–water partition coefficient (Wildman–Crippen LogP) is 4.09. The molecule has 0 amide bonds. The molecule has 0 aliphatic carbocycles. The number of ether oxygens (including phenoxy) is 2. The summed E-state index contributed by atoms with van der Waals surface area (Å²) in [6.07, 6.45) is 0.885. The molecule has 2 aromatic heterocycles. The van der Waals surface area contributed by atoms with Gasteiger partial charge in [-0.15, -0.1) is 11.3 Å². The van der Waals surface area contributed by atoms with Gasteiger partial charge in [0, 0.05) is 28.0 Å². The number of hydrogen-bond acceptors (Lipinski definition) is 6. The van der Waals surface area contributed by atoms with Gasteiger partial charge in [-0.25, -0.2) is 9.59 Å². The molecule has 130 valence electrons. The summed E-state index contributed by atoms with van der Waals surface area (Å²) in [6.45, 7) is 4.04. The van der Waals surface area contributed by atoms with Crippen LogP contribution in [0.5, 0.6) is 5.75 Å². The molecule has 0 aliphatic rings. The number of methoxy groups -OCH3 is 1. The Bertz CT molecular complexity index is 983. The third-order valence-electron chi connectivity index (χ3n) is 3.94. The van der Waals surface area contributed by atoms with Crippen LogP contribution in [0.15, 0.2) is 39.5 Å². The first-order valence-electron chi connectivity index (χ1n) is 7.89. The average molecular weight is 358 g/mol. The fraction of sp³-hybridized carbons (Fsp3) is 0.263. The summed E-state index contributed by atoms with van der Waals surface area (Å²) >= 11 is 1.44. The van der Waals surface area contributed by atoms with Crippen molar-refractivity contribution in [1.29, 1.82) is 0 Å². The van der Waals surface area contributed by atoms with E-state index in [1.807, 2.05) is 13.0 Å². The average Bonchev–Trinajstić information content (AvgIpc) is 2.99. The second-order valence-corrected chi connectivity index (χ2v) is 6.74. The van der Waals surface area contributed by atoms with Gasteiger partial charge in [-0.05, 0) is 37.1 Å². The fourth-order valence-corrected chi connectivity index (χ4v) is 3.65. The van der Waals surface area contributed by atoms with E-state index in [1.165, 1.54) is 22.3 Å². The number of benzene rings is 1. The molecule has 3 aromatic rings. The van der Waals surface area contributed by atoms with Gasteiger partial charge in [-0.1, -0.05) is 6.92 Å². The zero-order valence-electron chi connectivity index (χ0n) is 14.3. The summed E-state index contributed by atoms with van der Waals surface area (Å²) in [4.78, 5) is 25.8. The zero-order valence-corrected chi connectivity index (χ0v) is 15.1. The van der Waals surface area contributed by atoms with Gasteiger partial charge in [-0.3, -0.25) is 0 Å². The molecule has 3 rings (SSSR count). The monoisotopic (exact) mass is 358 g/mol. The molecule has 0 aliphatic heterocycles. The minimum atomic E-state index is -0.493. The van der Waals surface area contributed by atoms with Crippen molar-refractivity contribution in [3.05, 3.63) is 61.6 Å². The molecule has 2 heterocycles. The highest BCUT2D eigenvalue weighted by Gasteiger charge is 2.15. The first-order valence-corrected chi connectivity index (χ1v) is 8.70. The van der Waals surface area contributed by atoms with Crippen molar-refractivity contribution in [1.82, 2.24) is 0 Å². The smallest absolute Gasteiger partial charge is 0.348 e. The van der Waals surface area contributed by atoms with E-state index in [4.69, 9.17) is 13.9 Å². The van der Waals surface area contributed by atoms with Crippen LogP contribution in [0, 0.1) is 6.92 Å². The predicted molar refractivity (Wildman–Crippen MR) is 96.6 cm³/mol. The van der Waals surface area contributed by atoms with Crippen molar-refractivity contribution in [2.75, 3.05) is 7.11 Å². The second kappa shape index (κ2) is 7.11. The molecule has 0 radical (unpaired) electrons. The topological polar surface area (TPSA) is 65.7 Å². The highest BCUT2D eigenvalue weighted by molar-refractivity contribution is 7.14. The van der Waals surface area contributed by atoms with E-state index in [-0.39, 0.29) is 12.6 Å². The molecule has 0 fully saturated rings. The molecule has 0 bridgehead atoms. The minimum Gasteiger partial charge on any atom is -0.497 e. The number of aryl methyl sites for hydroxylation is 2. The zero-order chi connectivity index (χ0) is 18.0. The Balaban J connectivity index is 1.85. The van der Waals surface area contributed by atoms with Crippen LogP contribution in [0.4, 0.5) is 0 Å². The van der Waals surface area contributed by atoms with Gasteiger partial charge >= 0.3 is 11.6 Å². The van der Waals surface area contributed by atoms with Gasteiger partial charge in [0.1, 0.15) is 22.8 Å². The lowest BCUT2D eigenvalue weighted by molar-refractivity contribution is 0.0479. The summed E-state index contributed by atoms with van der Waals surface area (Å²) in [5, 5.41) is 0.713. The van der Waals surface area contributed by atoms with Crippen molar-refractivity contribution < 1.29 is 18.7 Å². The molecule has 0 N–H and O–H groups in total. The Hall–Kier alpha value is -2.60. The van der Waals surface area contributed by atoms with Crippen molar-refractivity contribution in [3.63, 3.8) is 0 Å². The maximum atomic E-state index is 12.3. The summed E-state index contributed by atoms with van der Waals surface area (Å²) in [7, 11) is 1.54. The Morgan fingerprint density at radius 2 is 2.04 bits per heavy atom. The molecule has 0 unspecified atom stereocenters. The van der Waals surface area contributed by atoms with Crippen molar-refractivity contribution >= 4 is 28.3 Å². The summed E-state index contributed by atoms with van der Waals surface area (Å²) < 4.78 is 15.7. The van der Waals surface area contributed by atoms with Crippen LogP contribution in [0.2, 0.25) is 0 Å². The maximum absolute atomic E-state index is 12.3. The molecule has 25 heavy (non-hydrogen) atoms. The first kappa shape index (κ1) is 17.2. The van der Waals surface area contributed by atoms with Crippen molar-refractivity contribution in [2.24, 2.45) is 0 Å². The number of hydrogen-bond donors (Lipinski definition) is 0. The van der Waals surface area contributed by atoms with E-state index in [0.717, 1.165) is 12.0 Å². The van der Waals surface area contributed by atoms with Crippen LogP contribution < -0.4 is 10.4 Å². The number of rotatable bonds is 5. The first-order chi connectivity index (χ1) is 12.0. The summed E-state index contributed by atoms with van der Waals surface area (Å²) in [5.74, 6) is 0.202. The molecule has 0 saturated heterocycles. The van der Waals surface area contributed by atoms with Crippen LogP contribution >= 0.6 is 11.3 Å². The van der Waals surface area contributed by atoms with E-state index < -0.39 is 5.63 Å². The Morgan fingerprint density at radius 1 is 1.24 bits per heavy atom. The Morgan fingerprint density at radius 3 is 2.72 bits per heavy atom. The molecule has 5 nitrogen and oxygen atoms in total. The van der Waals surface area contributed by atoms with E-state index in [9.17, 15) is 9.59 Å². The fourth-order valence-electron chi connectivity index (χ4n) is 2.64. The molecular weight excluding hydrogens is 340 g/mol. The standard InChI is InChI=1S/C19H18O5S/c1-4-16-11(2)7-17(25-16)19(21)23-10-12-8-18(20)24-15-9-13(22-3)5-6-14(12)15/h5-9H,4,10H2,1-3H3. The van der Waals surface area contributed by atoms with E-state index in [1.54, 1.807) is 25.3 Å². The Kier molecular flexibility index (Phi) is 4.90. The SMILES string of the molecule is CCc1sc(C(=O)OCc2cc(=O)oc3cc(OC)ccc23)cc1C. The molecule has 0 saturated carbocycles. The van der Waals surface area contributed by atoms with Crippen molar-refractivity contribution in [2.45, 2.75) is 26.9 Å². The second-order valence-electron chi connectivity index (χ2n) is 5.60. The maximum Gasteiger partial charge on any atom is 0.348 e. The number of thiophene rings is 1. The van der Waals surface area contributed by atoms with E-state index in [2.05, 4.69) is 6.92 Å². The number of esters is 1. The van der Waals surface area contributed by atoms with Gasteiger partial charge in [0.25, 0.3) is 0 Å². The number of carbonyl (C=O) groups is 1. The lowest BCUT2D eigenvalue weighted by Gasteiger charge is -2.07. The van der Waals surface area contributed by atoms with E-state index in [0.29, 0.717) is 27.2 Å². The molecule has 0 spiro atoms. The number of fused-ring (bicyclic) bond motifs is 1. The van der Waals surface area contributed by atoms with Gasteiger partial charge in [0.05, 0.1) is 7.11 Å². The quantitative estimate of drug-likeness (QED) is 0.508. The van der Waals surface area contributed by atoms with Crippen LogP contribution in [0.25, 0.3) is 11.0 Å². The highest BCUT2D eigenvalue weighted by atomic mass is 32.1. The van der Waals surface area contributed by atoms with Gasteiger partial charge in [-0.2, -0.15) is 0 Å². The Labute approximate surface area is 148 Å². The van der Waals surface area contributed by atoms with Crippen LogP contribution in [-0.2, 0) is 17.8 Å². The van der Waals surface area contributed by atoms with Crippen LogP contribution in [0.1, 0.15) is 32.6 Å². The lowest BCUT2D eigenvalue weighted by Crippen LogP contribution is -2.07. The number of carbonyl (C=O) groups excluding carboxylic acids is 1. The van der Waals surface area contributed by atoms with Crippen LogP contribution in [0.3, 0.4) is 0 Å². The van der Waals surface area contributed by atoms with E-state index >= 15 is 0 Å². The van der Waals surface area contributed by atoms with Gasteiger partial charge in [0.2, 0.25) is 0 Å². The van der Waals surface area contributed by atoms with Crippen LogP contribution in [-0.4, -0.2) is 13.1 Å². The molecule has 1 aromatic carbocycles. The third kappa shape index (κ3) is 3.58. The van der Waals surface area contributed by atoms with Crippen molar-refractivity contribution in [3.8, 4) is 5.75 Å². The van der Waals surface area contributed by atoms with Gasteiger partial charge in [0.15, 0.2) is 0 Å². The molecular formula is C19H18O5S. The summed E-state index contributed by atoms with van der Waals surface area (Å²) in [6, 6.07) is 8.38. The highest BCUT2D eigenvalue weighted by Crippen LogP contribution is 2.25. The molecule has 0 atom stereocenters. The third-order valence-corrected chi connectivity index (χ3v) is 5.30. The minimum absolute atomic E-state index is 0.00562. The largest absolute Gasteiger partial charge is 0.497 e. The summed E-state index contributed by atoms with van der Waals surface area (Å²) in [5.41, 5.74) is 1.61. The normalized spacial score (nSPS) is 10.8. The van der Waals surface area contributed by atoms with Gasteiger partial charge < -0.3 is 13.9 Å².